The lowest BCUT2D eigenvalue weighted by atomic mass is 9.98. The number of likely N-dealkylation sites (tertiary alicyclic amines) is 1. The van der Waals surface area contributed by atoms with Crippen LogP contribution in [0.2, 0.25) is 0 Å². The Morgan fingerprint density at radius 1 is 0.900 bits per heavy atom. The first kappa shape index (κ1) is 36.4. The molecule has 1 amide bonds. The van der Waals surface area contributed by atoms with Gasteiger partial charge in [-0.05, 0) is 66.3 Å². The van der Waals surface area contributed by atoms with Gasteiger partial charge in [-0.3, -0.25) is 19.3 Å². The number of Topliss-reactive ketones (excluding diaryl/α,β-unsaturated/α-hetero) is 2. The molecule has 0 saturated carbocycles. The second-order valence-corrected chi connectivity index (χ2v) is 11.9. The van der Waals surface area contributed by atoms with Crippen LogP contribution < -0.4 is 10.6 Å². The van der Waals surface area contributed by atoms with Gasteiger partial charge in [-0.2, -0.15) is 31.4 Å². The molecule has 50 heavy (non-hydrogen) atoms. The van der Waals surface area contributed by atoms with Gasteiger partial charge in [-0.25, -0.2) is 4.68 Å². The van der Waals surface area contributed by atoms with Crippen LogP contribution in [0.25, 0.3) is 16.8 Å². The standard InChI is InChI=1S/C31H33N5O2.C4F6O2/c1-21-28-14-16-35(31(38)30(28)36(33-21)26-7-4-5-22(17-26)18-32)25-11-9-23(10-12-25)29-8-3-2-6-24(29)19-34-15-13-27(37)20-34;5-3(6,7)1(11)2(12)4(8,9)10/h2-12,17,27,37H,13-16,18-20,32H2,1H3;/t27-;/m0./s1. The number of halogens is 6. The molecule has 1 aromatic heterocycles. The number of aryl methyl sites for hydroxylation is 1. The van der Waals surface area contributed by atoms with Crippen molar-refractivity contribution in [2.24, 2.45) is 5.73 Å². The number of amides is 1. The lowest BCUT2D eigenvalue weighted by molar-refractivity contribution is -0.193. The van der Waals surface area contributed by atoms with E-state index < -0.39 is 23.9 Å². The van der Waals surface area contributed by atoms with Crippen molar-refractivity contribution >= 4 is 23.2 Å². The molecule has 0 radical (unpaired) electrons. The average molecular weight is 702 g/mol. The van der Waals surface area contributed by atoms with Crippen molar-refractivity contribution < 1.29 is 45.8 Å². The van der Waals surface area contributed by atoms with Gasteiger partial charge in [0.25, 0.3) is 5.91 Å². The predicted molar refractivity (Wildman–Crippen MR) is 171 cm³/mol. The molecule has 3 heterocycles. The Hall–Kier alpha value is -4.86. The van der Waals surface area contributed by atoms with Crippen molar-refractivity contribution in [3.8, 4) is 16.8 Å². The molecule has 15 heteroatoms. The number of benzene rings is 3. The van der Waals surface area contributed by atoms with E-state index in [1.807, 2.05) is 48.2 Å². The molecule has 0 spiro atoms. The van der Waals surface area contributed by atoms with Crippen molar-refractivity contribution in [3.05, 3.63) is 101 Å². The fourth-order valence-electron chi connectivity index (χ4n) is 5.99. The zero-order valence-electron chi connectivity index (χ0n) is 26.8. The van der Waals surface area contributed by atoms with E-state index >= 15 is 0 Å². The lowest BCUT2D eigenvalue weighted by Gasteiger charge is -2.28. The van der Waals surface area contributed by atoms with Crippen molar-refractivity contribution in [2.45, 2.75) is 51.3 Å². The Morgan fingerprint density at radius 3 is 2.16 bits per heavy atom. The van der Waals surface area contributed by atoms with E-state index in [0.717, 1.165) is 66.2 Å². The van der Waals surface area contributed by atoms with Gasteiger partial charge in [-0.15, -0.1) is 0 Å². The SMILES string of the molecule is Cc1nn(-c2cccc(CN)c2)c2c1CCN(c1ccc(-c3ccccc3CN3CC[C@H](O)C3)cc1)C2=O.O=C(C(=O)C(F)(F)F)C(F)(F)F. The van der Waals surface area contributed by atoms with E-state index in [1.165, 1.54) is 11.1 Å². The van der Waals surface area contributed by atoms with Crippen molar-refractivity contribution in [3.63, 3.8) is 0 Å². The normalized spacial score (nSPS) is 16.5. The summed E-state index contributed by atoms with van der Waals surface area (Å²) in [5.41, 5.74) is 14.7. The maximum Gasteiger partial charge on any atom is 0.458 e. The van der Waals surface area contributed by atoms with Gasteiger partial charge in [0, 0.05) is 44.0 Å². The molecule has 0 unspecified atom stereocenters. The third kappa shape index (κ3) is 7.95. The molecule has 2 aliphatic rings. The van der Waals surface area contributed by atoms with Crippen LogP contribution in [0.3, 0.4) is 0 Å². The number of anilines is 1. The van der Waals surface area contributed by atoms with Gasteiger partial charge in [0.2, 0.25) is 0 Å². The number of β-amino-alcohol motifs (C(OH)–C–C–N with tert-alkyl or cyclic N) is 1. The number of fused-ring (bicyclic) bond motifs is 1. The number of hydrogen-bond donors (Lipinski definition) is 2. The summed E-state index contributed by atoms with van der Waals surface area (Å²) in [4.78, 5) is 37.2. The van der Waals surface area contributed by atoms with E-state index in [2.05, 4.69) is 41.3 Å². The Balaban J connectivity index is 0.000000349. The van der Waals surface area contributed by atoms with Crippen LogP contribution in [0, 0.1) is 6.92 Å². The second kappa shape index (κ2) is 14.5. The topological polar surface area (TPSA) is 122 Å². The third-order valence-corrected chi connectivity index (χ3v) is 8.48. The molecule has 1 saturated heterocycles. The number of aromatic nitrogens is 2. The molecule has 2 aliphatic heterocycles. The number of carbonyl (C=O) groups excluding carboxylic acids is 3. The number of nitrogens with zero attached hydrogens (tertiary/aromatic N) is 4. The van der Waals surface area contributed by atoms with E-state index in [0.29, 0.717) is 18.8 Å². The summed E-state index contributed by atoms with van der Waals surface area (Å²) in [5, 5.41) is 14.7. The minimum Gasteiger partial charge on any atom is -0.392 e. The number of alkyl halides is 6. The number of nitrogens with two attached hydrogens (primary N) is 1. The summed E-state index contributed by atoms with van der Waals surface area (Å²) in [7, 11) is 0. The minimum atomic E-state index is -5.77. The van der Waals surface area contributed by atoms with Crippen LogP contribution in [0.4, 0.5) is 32.0 Å². The van der Waals surface area contributed by atoms with Crippen LogP contribution in [-0.4, -0.2) is 75.4 Å². The molecule has 6 rings (SSSR count). The molecule has 1 atom stereocenters. The van der Waals surface area contributed by atoms with Crippen LogP contribution in [0.5, 0.6) is 0 Å². The number of rotatable bonds is 7. The van der Waals surface area contributed by atoms with Gasteiger partial charge in [-0.1, -0.05) is 48.5 Å². The molecule has 264 valence electrons. The highest BCUT2D eigenvalue weighted by atomic mass is 19.4. The number of aliphatic hydroxyl groups is 1. The van der Waals surface area contributed by atoms with Crippen LogP contribution in [0.15, 0.2) is 72.8 Å². The van der Waals surface area contributed by atoms with Crippen LogP contribution in [0.1, 0.15) is 39.3 Å². The number of hydrogen-bond acceptors (Lipinski definition) is 7. The average Bonchev–Trinajstić information content (AvgIpc) is 3.66. The van der Waals surface area contributed by atoms with Crippen LogP contribution in [-0.2, 0) is 29.1 Å². The Labute approximate surface area is 282 Å². The van der Waals surface area contributed by atoms with E-state index in [-0.39, 0.29) is 12.0 Å². The summed E-state index contributed by atoms with van der Waals surface area (Å²) in [6, 6.07) is 24.6. The maximum absolute atomic E-state index is 13.8. The predicted octanol–water partition coefficient (Wildman–Crippen LogP) is 5.33. The smallest absolute Gasteiger partial charge is 0.392 e. The lowest BCUT2D eigenvalue weighted by Crippen LogP contribution is -2.39. The Morgan fingerprint density at radius 2 is 1.56 bits per heavy atom. The molecule has 3 aromatic carbocycles. The Kier molecular flexibility index (Phi) is 10.6. The summed E-state index contributed by atoms with van der Waals surface area (Å²) in [6.07, 6.45) is -10.2. The quantitative estimate of drug-likeness (QED) is 0.198. The highest BCUT2D eigenvalue weighted by Gasteiger charge is 2.54. The molecule has 4 aromatic rings. The molecule has 1 fully saturated rings. The second-order valence-electron chi connectivity index (χ2n) is 11.9. The summed E-state index contributed by atoms with van der Waals surface area (Å²) in [6.45, 7) is 5.48. The fourth-order valence-corrected chi connectivity index (χ4v) is 5.99. The first-order chi connectivity index (χ1) is 23.6. The van der Waals surface area contributed by atoms with Gasteiger partial charge in [0.05, 0.1) is 17.5 Å². The van der Waals surface area contributed by atoms with Crippen molar-refractivity contribution in [1.29, 1.82) is 0 Å². The fraction of sp³-hybridized carbons (Fsp3) is 0.314. The molecular weight excluding hydrogens is 668 g/mol. The highest BCUT2D eigenvalue weighted by molar-refractivity contribution is 6.41. The molecule has 0 bridgehead atoms. The Bertz CT molecular complexity index is 1860. The molecule has 9 nitrogen and oxygen atoms in total. The van der Waals surface area contributed by atoms with E-state index in [1.54, 1.807) is 4.68 Å². The first-order valence-corrected chi connectivity index (χ1v) is 15.6. The van der Waals surface area contributed by atoms with E-state index in [9.17, 15) is 45.8 Å². The third-order valence-electron chi connectivity index (χ3n) is 8.48. The first-order valence-electron chi connectivity index (χ1n) is 15.6. The zero-order valence-corrected chi connectivity index (χ0v) is 26.8. The van der Waals surface area contributed by atoms with E-state index in [4.69, 9.17) is 10.8 Å². The van der Waals surface area contributed by atoms with Gasteiger partial charge in [0.1, 0.15) is 5.69 Å². The van der Waals surface area contributed by atoms with Crippen molar-refractivity contribution in [2.75, 3.05) is 24.5 Å². The zero-order chi connectivity index (χ0) is 36.4. The maximum atomic E-state index is 13.8. The number of aliphatic hydroxyl groups excluding tert-OH is 1. The number of ketones is 2. The van der Waals surface area contributed by atoms with Crippen LogP contribution >= 0.6 is 0 Å². The monoisotopic (exact) mass is 701 g/mol. The molecule has 3 N–H and O–H groups in total. The summed E-state index contributed by atoms with van der Waals surface area (Å²) >= 11 is 0. The number of carbonyl (C=O) groups is 3. The molecular formula is C35H33F6N5O4. The largest absolute Gasteiger partial charge is 0.458 e. The summed E-state index contributed by atoms with van der Waals surface area (Å²) in [5.74, 6) is -6.85. The van der Waals surface area contributed by atoms with Crippen molar-refractivity contribution in [1.82, 2.24) is 14.7 Å². The van der Waals surface area contributed by atoms with Gasteiger partial charge >= 0.3 is 23.9 Å². The van der Waals surface area contributed by atoms with Gasteiger partial charge in [0.15, 0.2) is 0 Å². The molecule has 0 aliphatic carbocycles. The minimum absolute atomic E-state index is 0.0363. The highest BCUT2D eigenvalue weighted by Crippen LogP contribution is 2.32. The van der Waals surface area contributed by atoms with Gasteiger partial charge < -0.3 is 15.7 Å². The summed E-state index contributed by atoms with van der Waals surface area (Å²) < 4.78 is 68.7.